The number of halogens is 1. The van der Waals surface area contributed by atoms with Gasteiger partial charge in [0.15, 0.2) is 0 Å². The van der Waals surface area contributed by atoms with E-state index in [9.17, 15) is 9.59 Å². The highest BCUT2D eigenvalue weighted by Crippen LogP contribution is 2.21. The molecule has 2 rings (SSSR count). The smallest absolute Gasteiger partial charge is 0.255 e. The van der Waals surface area contributed by atoms with Gasteiger partial charge < -0.3 is 10.6 Å². The summed E-state index contributed by atoms with van der Waals surface area (Å²) in [5.41, 5.74) is 3.59. The van der Waals surface area contributed by atoms with E-state index in [1.165, 1.54) is 0 Å². The van der Waals surface area contributed by atoms with Crippen LogP contribution in [0.4, 0.5) is 11.4 Å². The van der Waals surface area contributed by atoms with Crippen LogP contribution < -0.4 is 10.6 Å². The lowest BCUT2D eigenvalue weighted by Gasteiger charge is -2.09. The highest BCUT2D eigenvalue weighted by atomic mass is 35.5. The van der Waals surface area contributed by atoms with E-state index in [4.69, 9.17) is 11.6 Å². The maximum atomic E-state index is 12.5. The molecule has 140 valence electrons. The summed E-state index contributed by atoms with van der Waals surface area (Å²) < 4.78 is 1.93. The highest BCUT2D eigenvalue weighted by Gasteiger charge is 2.15. The number of rotatable bonds is 7. The summed E-state index contributed by atoms with van der Waals surface area (Å²) >= 11 is 5.73. The lowest BCUT2D eigenvalue weighted by Crippen LogP contribution is -2.20. The number of amides is 2. The second-order valence-electron chi connectivity index (χ2n) is 6.26. The fraction of sp³-hybridized carbons (Fsp3) is 0.421. The molecule has 0 bridgehead atoms. The van der Waals surface area contributed by atoms with E-state index in [0.717, 1.165) is 36.5 Å². The van der Waals surface area contributed by atoms with Crippen LogP contribution in [0.2, 0.25) is 0 Å². The molecule has 2 N–H and O–H groups in total. The first-order valence-corrected chi connectivity index (χ1v) is 9.17. The minimum Gasteiger partial charge on any atom is -0.325 e. The molecule has 0 aliphatic rings. The van der Waals surface area contributed by atoms with Crippen LogP contribution in [0, 0.1) is 13.8 Å². The van der Waals surface area contributed by atoms with Crippen LogP contribution >= 0.6 is 11.6 Å². The zero-order valence-corrected chi connectivity index (χ0v) is 16.4. The number of alkyl halides is 1. The normalized spacial score (nSPS) is 11.9. The molecular formula is C19H25ClN4O2. The fourth-order valence-electron chi connectivity index (χ4n) is 2.54. The molecular weight excluding hydrogens is 352 g/mol. The van der Waals surface area contributed by atoms with E-state index >= 15 is 0 Å². The number of aryl methyl sites for hydroxylation is 2. The van der Waals surface area contributed by atoms with Crippen molar-refractivity contribution < 1.29 is 9.59 Å². The molecule has 0 radical (unpaired) electrons. The number of nitrogens with one attached hydrogen (secondary N) is 2. The first-order valence-electron chi connectivity index (χ1n) is 8.73. The third-order valence-corrected chi connectivity index (χ3v) is 4.32. The lowest BCUT2D eigenvalue weighted by molar-refractivity contribution is -0.115. The molecule has 0 aliphatic carbocycles. The van der Waals surface area contributed by atoms with Crippen molar-refractivity contribution in [1.29, 1.82) is 0 Å². The molecule has 0 spiro atoms. The Hall–Kier alpha value is -2.34. The van der Waals surface area contributed by atoms with Crippen LogP contribution in [0.3, 0.4) is 0 Å². The van der Waals surface area contributed by atoms with E-state index in [0.29, 0.717) is 11.3 Å². The van der Waals surface area contributed by atoms with E-state index in [2.05, 4.69) is 22.7 Å². The van der Waals surface area contributed by atoms with Crippen molar-refractivity contribution in [3.8, 4) is 0 Å². The molecule has 6 nitrogen and oxygen atoms in total. The van der Waals surface area contributed by atoms with Crippen molar-refractivity contribution in [3.63, 3.8) is 0 Å². The topological polar surface area (TPSA) is 76.0 Å². The van der Waals surface area contributed by atoms with Crippen LogP contribution in [0.15, 0.2) is 24.3 Å². The average Bonchev–Trinajstić information content (AvgIpc) is 2.87. The first kappa shape index (κ1) is 20.0. The average molecular weight is 377 g/mol. The van der Waals surface area contributed by atoms with Crippen molar-refractivity contribution in [2.45, 2.75) is 52.5 Å². The van der Waals surface area contributed by atoms with Gasteiger partial charge in [-0.05, 0) is 51.5 Å². The molecule has 0 aliphatic heterocycles. The molecule has 7 heteroatoms. The summed E-state index contributed by atoms with van der Waals surface area (Å²) in [5, 5.41) is 9.50. The minimum absolute atomic E-state index is 0.213. The Labute approximate surface area is 158 Å². The van der Waals surface area contributed by atoms with Gasteiger partial charge in [-0.3, -0.25) is 14.3 Å². The summed E-state index contributed by atoms with van der Waals surface area (Å²) in [6.45, 7) is 8.42. The molecule has 1 heterocycles. The van der Waals surface area contributed by atoms with E-state index < -0.39 is 5.38 Å². The van der Waals surface area contributed by atoms with E-state index in [1.54, 1.807) is 31.2 Å². The molecule has 26 heavy (non-hydrogen) atoms. The summed E-state index contributed by atoms with van der Waals surface area (Å²) in [6, 6.07) is 6.68. The zero-order chi connectivity index (χ0) is 19.3. The molecule has 1 aromatic heterocycles. The number of unbranched alkanes of at least 4 members (excludes halogenated alkanes) is 1. The molecule has 0 saturated carbocycles. The third kappa shape index (κ3) is 4.85. The van der Waals surface area contributed by atoms with Gasteiger partial charge in [-0.1, -0.05) is 13.3 Å². The van der Waals surface area contributed by atoms with Crippen LogP contribution in [-0.2, 0) is 11.3 Å². The van der Waals surface area contributed by atoms with Gasteiger partial charge in [-0.2, -0.15) is 5.10 Å². The molecule has 2 amide bonds. The minimum atomic E-state index is -0.617. The van der Waals surface area contributed by atoms with Gasteiger partial charge in [0.1, 0.15) is 5.38 Å². The van der Waals surface area contributed by atoms with E-state index in [1.807, 2.05) is 18.5 Å². The Morgan fingerprint density at radius 2 is 1.85 bits per heavy atom. The molecule has 0 fully saturated rings. The van der Waals surface area contributed by atoms with Crippen molar-refractivity contribution >= 4 is 34.8 Å². The summed E-state index contributed by atoms with van der Waals surface area (Å²) in [6.07, 6.45) is 2.13. The second kappa shape index (κ2) is 8.85. The Morgan fingerprint density at radius 1 is 1.19 bits per heavy atom. The number of aromatic nitrogens is 2. The summed E-state index contributed by atoms with van der Waals surface area (Å²) in [7, 11) is 0. The Bertz CT molecular complexity index is 782. The van der Waals surface area contributed by atoms with Gasteiger partial charge in [0.2, 0.25) is 5.91 Å². The van der Waals surface area contributed by atoms with Crippen LogP contribution in [-0.4, -0.2) is 27.0 Å². The predicted octanol–water partition coefficient (Wildman–Crippen LogP) is 4.12. The summed E-state index contributed by atoms with van der Waals surface area (Å²) in [4.78, 5) is 24.1. The maximum absolute atomic E-state index is 12.5. The number of anilines is 2. The van der Waals surface area contributed by atoms with E-state index in [-0.39, 0.29) is 11.8 Å². The van der Waals surface area contributed by atoms with Crippen LogP contribution in [0.25, 0.3) is 0 Å². The van der Waals surface area contributed by atoms with Gasteiger partial charge in [-0.25, -0.2) is 0 Å². The molecule has 0 unspecified atom stereocenters. The monoisotopic (exact) mass is 376 g/mol. The number of hydrogen-bond donors (Lipinski definition) is 2. The third-order valence-electron chi connectivity index (χ3n) is 4.12. The molecule has 0 saturated heterocycles. The summed E-state index contributed by atoms with van der Waals surface area (Å²) in [5.74, 6) is -0.496. The lowest BCUT2D eigenvalue weighted by atomic mass is 10.2. The van der Waals surface area contributed by atoms with Gasteiger partial charge >= 0.3 is 0 Å². The van der Waals surface area contributed by atoms with Crippen LogP contribution in [0.5, 0.6) is 0 Å². The maximum Gasteiger partial charge on any atom is 0.255 e. The molecule has 1 aromatic carbocycles. The van der Waals surface area contributed by atoms with Gasteiger partial charge in [0.05, 0.1) is 17.1 Å². The Morgan fingerprint density at radius 3 is 2.42 bits per heavy atom. The van der Waals surface area contributed by atoms with Gasteiger partial charge in [-0.15, -0.1) is 11.6 Å². The standard InChI is InChI=1S/C19H25ClN4O2/c1-5-6-11-24-14(4)17(13(3)23-24)22-19(26)15-7-9-16(10-8-15)21-18(25)12(2)20/h7-10,12H,5-6,11H2,1-4H3,(H,21,25)(H,22,26)/t12-/m0/s1. The Kier molecular flexibility index (Phi) is 6.80. The number of nitrogens with zero attached hydrogens (tertiary/aromatic N) is 2. The quantitative estimate of drug-likeness (QED) is 0.713. The SMILES string of the molecule is CCCCn1nc(C)c(NC(=O)c2ccc(NC(=O)[C@H](C)Cl)cc2)c1C. The van der Waals surface area contributed by atoms with Crippen molar-refractivity contribution in [2.75, 3.05) is 10.6 Å². The molecule has 2 aromatic rings. The fourth-order valence-corrected chi connectivity index (χ4v) is 2.59. The second-order valence-corrected chi connectivity index (χ2v) is 6.91. The highest BCUT2D eigenvalue weighted by molar-refractivity contribution is 6.32. The van der Waals surface area contributed by atoms with Crippen molar-refractivity contribution in [1.82, 2.24) is 9.78 Å². The zero-order valence-electron chi connectivity index (χ0n) is 15.6. The predicted molar refractivity (Wildman–Crippen MR) is 105 cm³/mol. The number of carbonyl (C=O) groups is 2. The molecule has 1 atom stereocenters. The largest absolute Gasteiger partial charge is 0.325 e. The van der Waals surface area contributed by atoms with Crippen molar-refractivity contribution in [2.24, 2.45) is 0 Å². The Balaban J connectivity index is 2.08. The van der Waals surface area contributed by atoms with Crippen molar-refractivity contribution in [3.05, 3.63) is 41.2 Å². The van der Waals surface area contributed by atoms with Gasteiger partial charge in [0.25, 0.3) is 5.91 Å². The van der Waals surface area contributed by atoms with Crippen LogP contribution in [0.1, 0.15) is 48.4 Å². The first-order chi connectivity index (χ1) is 12.3. The number of carbonyl (C=O) groups excluding carboxylic acids is 2. The number of benzene rings is 1. The number of hydrogen-bond acceptors (Lipinski definition) is 3. The van der Waals surface area contributed by atoms with Gasteiger partial charge in [0, 0.05) is 17.8 Å².